The van der Waals surface area contributed by atoms with Gasteiger partial charge >= 0.3 is 5.97 Å². The second kappa shape index (κ2) is 10.8. The first kappa shape index (κ1) is 19.3. The maximum atomic E-state index is 12.0. The van der Waals surface area contributed by atoms with E-state index >= 15 is 0 Å². The number of piperidine rings is 1. The van der Waals surface area contributed by atoms with Crippen molar-refractivity contribution in [2.24, 2.45) is 10.9 Å². The highest BCUT2D eigenvalue weighted by Gasteiger charge is 2.28. The van der Waals surface area contributed by atoms with E-state index in [2.05, 4.69) is 15.2 Å². The summed E-state index contributed by atoms with van der Waals surface area (Å²) >= 11 is 0. The molecule has 7 nitrogen and oxygen atoms in total. The molecule has 1 N–H and O–H groups in total. The minimum atomic E-state index is -0.103. The van der Waals surface area contributed by atoms with Crippen molar-refractivity contribution in [1.82, 2.24) is 10.2 Å². The number of aliphatic imine (C=N–C) groups is 1. The molecule has 140 valence electrons. The van der Waals surface area contributed by atoms with E-state index in [0.29, 0.717) is 26.4 Å². The van der Waals surface area contributed by atoms with Gasteiger partial charge in [0.05, 0.1) is 18.8 Å². The highest BCUT2D eigenvalue weighted by atomic mass is 16.5. The molecule has 7 heteroatoms. The number of furan rings is 1. The molecule has 1 aromatic rings. The molecule has 1 saturated heterocycles. The molecule has 1 aromatic heterocycles. The fourth-order valence-electron chi connectivity index (χ4n) is 2.90. The summed E-state index contributed by atoms with van der Waals surface area (Å²) in [4.78, 5) is 18.4. The lowest BCUT2D eigenvalue weighted by atomic mass is 9.98. The average molecular weight is 351 g/mol. The van der Waals surface area contributed by atoms with Crippen LogP contribution >= 0.6 is 0 Å². The van der Waals surface area contributed by atoms with E-state index in [9.17, 15) is 4.79 Å². The zero-order valence-electron chi connectivity index (χ0n) is 15.2. The van der Waals surface area contributed by atoms with Gasteiger partial charge in [-0.1, -0.05) is 0 Å². The highest BCUT2D eigenvalue weighted by molar-refractivity contribution is 5.81. The molecule has 0 spiro atoms. The van der Waals surface area contributed by atoms with Crippen LogP contribution in [0.15, 0.2) is 27.8 Å². The highest BCUT2D eigenvalue weighted by Crippen LogP contribution is 2.18. The summed E-state index contributed by atoms with van der Waals surface area (Å²) in [7, 11) is 1.77. The van der Waals surface area contributed by atoms with Crippen molar-refractivity contribution in [3.63, 3.8) is 0 Å². The van der Waals surface area contributed by atoms with Gasteiger partial charge in [-0.15, -0.1) is 0 Å². The van der Waals surface area contributed by atoms with E-state index in [1.807, 2.05) is 19.1 Å². The van der Waals surface area contributed by atoms with Crippen LogP contribution in [0.4, 0.5) is 0 Å². The Hall–Kier alpha value is -2.02. The molecule has 2 rings (SSSR count). The number of esters is 1. The lowest BCUT2D eigenvalue weighted by Crippen LogP contribution is -2.48. The van der Waals surface area contributed by atoms with E-state index in [1.165, 1.54) is 0 Å². The number of hydrogen-bond acceptors (Lipinski definition) is 5. The summed E-state index contributed by atoms with van der Waals surface area (Å²) in [5, 5.41) is 3.34. The molecule has 0 amide bonds. The Morgan fingerprint density at radius 1 is 1.52 bits per heavy atom. The van der Waals surface area contributed by atoms with Crippen LogP contribution in [-0.2, 0) is 20.9 Å². The number of guanidine groups is 1. The van der Waals surface area contributed by atoms with E-state index in [-0.39, 0.29) is 11.9 Å². The normalized spacial score (nSPS) is 18.2. The average Bonchev–Trinajstić information content (AvgIpc) is 3.15. The first-order valence-corrected chi connectivity index (χ1v) is 8.97. The molecule has 0 aromatic carbocycles. The Balaban J connectivity index is 1.66. The van der Waals surface area contributed by atoms with E-state index in [0.717, 1.165) is 44.1 Å². The topological polar surface area (TPSA) is 76.3 Å². The standard InChI is InChI=1S/C18H29N3O4/c1-3-24-17(22)15-7-4-10-21(13-15)18(19-2)20-9-6-11-23-14-16-8-5-12-25-16/h5,8,12,15H,3-4,6-7,9-11,13-14H2,1-2H3,(H,19,20)/t15-/m0/s1. The minimum Gasteiger partial charge on any atom is -0.467 e. The molecular formula is C18H29N3O4. The van der Waals surface area contributed by atoms with Crippen LogP contribution in [0, 0.1) is 5.92 Å². The smallest absolute Gasteiger partial charge is 0.310 e. The third-order valence-electron chi connectivity index (χ3n) is 4.13. The van der Waals surface area contributed by atoms with E-state index in [4.69, 9.17) is 13.9 Å². The first-order chi connectivity index (χ1) is 12.2. The summed E-state index contributed by atoms with van der Waals surface area (Å²) in [6.07, 6.45) is 4.37. The number of carbonyl (C=O) groups is 1. The molecule has 1 atom stereocenters. The molecule has 0 radical (unpaired) electrons. The van der Waals surface area contributed by atoms with Crippen LogP contribution in [0.3, 0.4) is 0 Å². The quantitative estimate of drug-likeness (QED) is 0.334. The predicted molar refractivity (Wildman–Crippen MR) is 95.3 cm³/mol. The Morgan fingerprint density at radius 3 is 3.12 bits per heavy atom. The van der Waals surface area contributed by atoms with Crippen LogP contribution in [0.5, 0.6) is 0 Å². The van der Waals surface area contributed by atoms with Gasteiger partial charge in [0.1, 0.15) is 12.4 Å². The Morgan fingerprint density at radius 2 is 2.40 bits per heavy atom. The summed E-state index contributed by atoms with van der Waals surface area (Å²) in [6.45, 7) is 5.75. The molecule has 0 unspecified atom stereocenters. The molecule has 25 heavy (non-hydrogen) atoms. The molecule has 0 aliphatic carbocycles. The van der Waals surface area contributed by atoms with Crippen LogP contribution in [-0.4, -0.2) is 56.7 Å². The Kier molecular flexibility index (Phi) is 8.31. The summed E-state index contributed by atoms with van der Waals surface area (Å²) in [5.74, 6) is 1.50. The molecule has 0 saturated carbocycles. The second-order valence-electron chi connectivity index (χ2n) is 6.00. The van der Waals surface area contributed by atoms with Crippen LogP contribution in [0.1, 0.15) is 31.9 Å². The fourth-order valence-corrected chi connectivity index (χ4v) is 2.90. The van der Waals surface area contributed by atoms with Gasteiger partial charge in [0.2, 0.25) is 0 Å². The third-order valence-corrected chi connectivity index (χ3v) is 4.13. The summed E-state index contributed by atoms with van der Waals surface area (Å²) in [5.41, 5.74) is 0. The number of hydrogen-bond donors (Lipinski definition) is 1. The van der Waals surface area contributed by atoms with Gasteiger partial charge < -0.3 is 24.1 Å². The molecule has 2 heterocycles. The number of nitrogens with zero attached hydrogens (tertiary/aromatic N) is 2. The lowest BCUT2D eigenvalue weighted by molar-refractivity contribution is -0.149. The van der Waals surface area contributed by atoms with Crippen molar-refractivity contribution in [3.8, 4) is 0 Å². The maximum absolute atomic E-state index is 12.0. The monoisotopic (exact) mass is 351 g/mol. The molecular weight excluding hydrogens is 322 g/mol. The molecule has 1 aliphatic heterocycles. The van der Waals surface area contributed by atoms with Gasteiger partial charge in [0.25, 0.3) is 0 Å². The number of likely N-dealkylation sites (tertiary alicyclic amines) is 1. The van der Waals surface area contributed by atoms with Crippen molar-refractivity contribution in [1.29, 1.82) is 0 Å². The van der Waals surface area contributed by atoms with E-state index in [1.54, 1.807) is 13.3 Å². The number of ether oxygens (including phenoxy) is 2. The van der Waals surface area contributed by atoms with Crippen LogP contribution in [0.25, 0.3) is 0 Å². The maximum Gasteiger partial charge on any atom is 0.310 e. The van der Waals surface area contributed by atoms with E-state index < -0.39 is 0 Å². The number of rotatable bonds is 8. The lowest BCUT2D eigenvalue weighted by Gasteiger charge is -2.33. The Labute approximate surface area is 149 Å². The number of nitrogens with one attached hydrogen (secondary N) is 1. The third kappa shape index (κ3) is 6.42. The molecule has 0 bridgehead atoms. The first-order valence-electron chi connectivity index (χ1n) is 8.97. The van der Waals surface area contributed by atoms with Crippen LogP contribution in [0.2, 0.25) is 0 Å². The number of carbonyl (C=O) groups excluding carboxylic acids is 1. The van der Waals surface area contributed by atoms with Gasteiger partial charge in [-0.3, -0.25) is 9.79 Å². The summed E-state index contributed by atoms with van der Waals surface area (Å²) in [6, 6.07) is 3.75. The van der Waals surface area contributed by atoms with Crippen molar-refractivity contribution in [2.45, 2.75) is 32.8 Å². The van der Waals surface area contributed by atoms with Gasteiger partial charge in [0, 0.05) is 33.3 Å². The SMILES string of the molecule is CCOC(=O)[C@H]1CCCN(C(=NC)NCCCOCc2ccco2)C1. The summed E-state index contributed by atoms with van der Waals surface area (Å²) < 4.78 is 15.9. The van der Waals surface area contributed by atoms with Gasteiger partial charge in [-0.2, -0.15) is 0 Å². The van der Waals surface area contributed by atoms with Gasteiger partial charge in [-0.05, 0) is 38.3 Å². The minimum absolute atomic E-state index is 0.0659. The zero-order valence-corrected chi connectivity index (χ0v) is 15.2. The Bertz CT molecular complexity index is 530. The second-order valence-corrected chi connectivity index (χ2v) is 6.00. The van der Waals surface area contributed by atoms with Crippen LogP contribution < -0.4 is 5.32 Å². The predicted octanol–water partition coefficient (Wildman–Crippen LogP) is 2.04. The molecule has 1 aliphatic rings. The molecule has 1 fully saturated rings. The van der Waals surface area contributed by atoms with Gasteiger partial charge in [0.15, 0.2) is 5.96 Å². The zero-order chi connectivity index (χ0) is 17.9. The van der Waals surface area contributed by atoms with Gasteiger partial charge in [-0.25, -0.2) is 0 Å². The largest absolute Gasteiger partial charge is 0.467 e. The van der Waals surface area contributed by atoms with Crippen molar-refractivity contribution < 1.29 is 18.7 Å². The van der Waals surface area contributed by atoms with Crippen molar-refractivity contribution in [3.05, 3.63) is 24.2 Å². The van der Waals surface area contributed by atoms with Crippen molar-refractivity contribution >= 4 is 11.9 Å². The van der Waals surface area contributed by atoms with Crippen molar-refractivity contribution in [2.75, 3.05) is 39.9 Å². The fraction of sp³-hybridized carbons (Fsp3) is 0.667.